The highest BCUT2D eigenvalue weighted by Crippen LogP contribution is 2.31. The highest BCUT2D eigenvalue weighted by molar-refractivity contribution is 7.89. The molecule has 1 aromatic carbocycles. The van der Waals surface area contributed by atoms with Gasteiger partial charge in [-0.25, -0.2) is 13.2 Å². The van der Waals surface area contributed by atoms with E-state index in [0.29, 0.717) is 7.11 Å². The average Bonchev–Trinajstić information content (AvgIpc) is 2.36. The highest BCUT2D eigenvalue weighted by atomic mass is 32.2. The van der Waals surface area contributed by atoms with Gasteiger partial charge in [0, 0.05) is 0 Å². The largest absolute Gasteiger partial charge is 0.466 e. The van der Waals surface area contributed by atoms with Gasteiger partial charge in [0.05, 0.1) is 12.0 Å². The molecule has 118 valence electrons. The van der Waals surface area contributed by atoms with Crippen molar-refractivity contribution in [2.24, 2.45) is 0 Å². The first-order chi connectivity index (χ1) is 9.45. The SMILES string of the molecule is COC(=O)C(O)(NS(=O)(=O)c1ccccc1C)C(F)(F)F. The number of aliphatic hydroxyl groups is 1. The standard InChI is InChI=1S/C11H12F3NO5S/c1-7-5-3-4-6-8(7)21(18,19)15-10(17,9(16)20-2)11(12,13)14/h3-6,15,17H,1-2H3. The number of sulfonamides is 1. The second kappa shape index (κ2) is 5.62. The first-order valence-corrected chi connectivity index (χ1v) is 6.91. The molecule has 1 rings (SSSR count). The fourth-order valence-electron chi connectivity index (χ4n) is 1.47. The number of rotatable bonds is 4. The minimum Gasteiger partial charge on any atom is -0.466 e. The molecule has 0 aliphatic rings. The van der Waals surface area contributed by atoms with Gasteiger partial charge >= 0.3 is 17.9 Å². The maximum Gasteiger partial charge on any atom is 0.443 e. The summed E-state index contributed by atoms with van der Waals surface area (Å²) in [6.45, 7) is 1.35. The highest BCUT2D eigenvalue weighted by Gasteiger charge is 2.63. The molecule has 6 nitrogen and oxygen atoms in total. The number of aryl methyl sites for hydroxylation is 1. The smallest absolute Gasteiger partial charge is 0.443 e. The fourth-order valence-corrected chi connectivity index (χ4v) is 2.92. The van der Waals surface area contributed by atoms with Crippen molar-refractivity contribution >= 4 is 16.0 Å². The lowest BCUT2D eigenvalue weighted by atomic mass is 10.2. The monoisotopic (exact) mass is 327 g/mol. The van der Waals surface area contributed by atoms with Crippen molar-refractivity contribution in [1.82, 2.24) is 4.72 Å². The summed E-state index contributed by atoms with van der Waals surface area (Å²) in [5.74, 6) is -2.19. The molecule has 0 bridgehead atoms. The lowest BCUT2D eigenvalue weighted by Gasteiger charge is -2.28. The number of carbonyl (C=O) groups excluding carboxylic acids is 1. The minimum absolute atomic E-state index is 0.138. The third kappa shape index (κ3) is 3.34. The summed E-state index contributed by atoms with van der Waals surface area (Å²) in [4.78, 5) is 10.7. The van der Waals surface area contributed by atoms with Gasteiger partial charge in [-0.05, 0) is 18.6 Å². The third-order valence-corrected chi connectivity index (χ3v) is 4.16. The molecule has 1 atom stereocenters. The lowest BCUT2D eigenvalue weighted by molar-refractivity contribution is -0.265. The predicted molar refractivity (Wildman–Crippen MR) is 64.5 cm³/mol. The molecule has 0 saturated heterocycles. The Labute approximate surface area is 118 Å². The van der Waals surface area contributed by atoms with Gasteiger partial charge in [0.2, 0.25) is 10.0 Å². The Balaban J connectivity index is 3.34. The van der Waals surface area contributed by atoms with Crippen LogP contribution in [0.4, 0.5) is 13.2 Å². The summed E-state index contributed by atoms with van der Waals surface area (Å²) in [6.07, 6.45) is -5.60. The number of ether oxygens (including phenoxy) is 1. The van der Waals surface area contributed by atoms with E-state index in [1.807, 2.05) is 0 Å². The summed E-state index contributed by atoms with van der Waals surface area (Å²) in [5.41, 5.74) is -4.23. The van der Waals surface area contributed by atoms with Gasteiger partial charge < -0.3 is 9.84 Å². The van der Waals surface area contributed by atoms with Gasteiger partial charge in [0.25, 0.3) is 0 Å². The second-order valence-electron chi connectivity index (χ2n) is 4.07. The molecule has 0 radical (unpaired) electrons. The molecule has 0 spiro atoms. The Morgan fingerprint density at radius 3 is 2.24 bits per heavy atom. The zero-order valence-corrected chi connectivity index (χ0v) is 11.7. The van der Waals surface area contributed by atoms with Crippen molar-refractivity contribution in [2.75, 3.05) is 7.11 Å². The number of benzene rings is 1. The normalized spacial score (nSPS) is 15.3. The molecule has 0 aromatic heterocycles. The Kier molecular flexibility index (Phi) is 4.66. The Bertz CT molecular complexity index is 644. The Morgan fingerprint density at radius 1 is 1.29 bits per heavy atom. The fraction of sp³-hybridized carbons (Fsp3) is 0.364. The maximum absolute atomic E-state index is 12.8. The number of carbonyl (C=O) groups is 1. The van der Waals surface area contributed by atoms with Crippen molar-refractivity contribution in [3.05, 3.63) is 29.8 Å². The van der Waals surface area contributed by atoms with Crippen LogP contribution >= 0.6 is 0 Å². The van der Waals surface area contributed by atoms with E-state index in [0.717, 1.165) is 10.8 Å². The van der Waals surface area contributed by atoms with Gasteiger partial charge in [-0.1, -0.05) is 18.2 Å². The van der Waals surface area contributed by atoms with Crippen molar-refractivity contribution < 1.29 is 36.2 Å². The van der Waals surface area contributed by atoms with E-state index in [2.05, 4.69) is 4.74 Å². The first-order valence-electron chi connectivity index (χ1n) is 5.43. The van der Waals surface area contributed by atoms with Crippen LogP contribution in [-0.4, -0.2) is 38.5 Å². The van der Waals surface area contributed by atoms with Crippen LogP contribution in [0.3, 0.4) is 0 Å². The van der Waals surface area contributed by atoms with Crippen LogP contribution in [0.1, 0.15) is 5.56 Å². The molecule has 0 amide bonds. The van der Waals surface area contributed by atoms with Gasteiger partial charge in [-0.3, -0.25) is 0 Å². The minimum atomic E-state index is -5.60. The lowest BCUT2D eigenvalue weighted by Crippen LogP contribution is -2.64. The van der Waals surface area contributed by atoms with Crippen LogP contribution in [0, 0.1) is 6.92 Å². The van der Waals surface area contributed by atoms with E-state index >= 15 is 0 Å². The van der Waals surface area contributed by atoms with Gasteiger partial charge in [-0.15, -0.1) is 0 Å². The summed E-state index contributed by atoms with van der Waals surface area (Å²) in [6, 6.07) is 5.14. The van der Waals surface area contributed by atoms with Gasteiger partial charge in [0.15, 0.2) is 0 Å². The average molecular weight is 327 g/mol. The molecule has 10 heteroatoms. The van der Waals surface area contributed by atoms with E-state index in [-0.39, 0.29) is 5.56 Å². The number of methoxy groups -OCH3 is 1. The van der Waals surface area contributed by atoms with Crippen molar-refractivity contribution in [3.8, 4) is 0 Å². The molecule has 21 heavy (non-hydrogen) atoms. The Morgan fingerprint density at radius 2 is 1.81 bits per heavy atom. The first kappa shape index (κ1) is 17.4. The number of esters is 1. The van der Waals surface area contributed by atoms with Crippen LogP contribution in [0.2, 0.25) is 0 Å². The molecule has 0 aliphatic carbocycles. The van der Waals surface area contributed by atoms with E-state index in [9.17, 15) is 31.5 Å². The van der Waals surface area contributed by atoms with Gasteiger partial charge in [-0.2, -0.15) is 17.9 Å². The van der Waals surface area contributed by atoms with E-state index in [1.54, 1.807) is 0 Å². The quantitative estimate of drug-likeness (QED) is 0.627. The van der Waals surface area contributed by atoms with Gasteiger partial charge in [0.1, 0.15) is 0 Å². The predicted octanol–water partition coefficient (Wildman–Crippen LogP) is 0.697. The molecule has 0 saturated carbocycles. The topological polar surface area (TPSA) is 92.7 Å². The maximum atomic E-state index is 12.8. The van der Waals surface area contributed by atoms with Crippen molar-refractivity contribution in [1.29, 1.82) is 0 Å². The molecule has 0 fully saturated rings. The summed E-state index contributed by atoms with van der Waals surface area (Å²) in [7, 11) is -4.22. The molecule has 2 N–H and O–H groups in total. The molecule has 1 aromatic rings. The molecule has 0 aliphatic heterocycles. The molecule has 0 heterocycles. The summed E-state index contributed by atoms with van der Waals surface area (Å²) >= 11 is 0. The number of halogens is 3. The van der Waals surface area contributed by atoms with Crippen LogP contribution in [0.15, 0.2) is 29.2 Å². The number of hydrogen-bond acceptors (Lipinski definition) is 5. The number of alkyl halides is 3. The van der Waals surface area contributed by atoms with Crippen LogP contribution in [0.25, 0.3) is 0 Å². The van der Waals surface area contributed by atoms with Crippen molar-refractivity contribution in [2.45, 2.75) is 23.7 Å². The summed E-state index contributed by atoms with van der Waals surface area (Å²) < 4.78 is 67.1. The zero-order chi connectivity index (χ0) is 16.5. The summed E-state index contributed by atoms with van der Waals surface area (Å²) in [5, 5.41) is 9.41. The molecule has 1 unspecified atom stereocenters. The third-order valence-electron chi connectivity index (χ3n) is 2.56. The van der Waals surface area contributed by atoms with Crippen molar-refractivity contribution in [3.63, 3.8) is 0 Å². The Hall–Kier alpha value is -1.65. The van der Waals surface area contributed by atoms with Crippen LogP contribution < -0.4 is 4.72 Å². The van der Waals surface area contributed by atoms with Crippen LogP contribution in [-0.2, 0) is 19.6 Å². The van der Waals surface area contributed by atoms with E-state index < -0.39 is 32.8 Å². The van der Waals surface area contributed by atoms with E-state index in [1.165, 1.54) is 25.1 Å². The van der Waals surface area contributed by atoms with E-state index in [4.69, 9.17) is 0 Å². The number of hydrogen-bond donors (Lipinski definition) is 2. The molecular formula is C11H12F3NO5S. The number of nitrogens with one attached hydrogen (secondary N) is 1. The second-order valence-corrected chi connectivity index (χ2v) is 5.72. The van der Waals surface area contributed by atoms with Crippen LogP contribution in [0.5, 0.6) is 0 Å². The zero-order valence-electron chi connectivity index (χ0n) is 10.9. The molecular weight excluding hydrogens is 315 g/mol.